The fourth-order valence-corrected chi connectivity index (χ4v) is 2.59. The Hall–Kier alpha value is -3.81. The summed E-state index contributed by atoms with van der Waals surface area (Å²) in [6.45, 7) is 1.63. The van der Waals surface area contributed by atoms with Gasteiger partial charge in [-0.25, -0.2) is 9.78 Å². The summed E-state index contributed by atoms with van der Waals surface area (Å²) in [5.74, 6) is 0.277. The largest absolute Gasteiger partial charge is 0.454 e. The van der Waals surface area contributed by atoms with Gasteiger partial charge in [-0.15, -0.1) is 0 Å². The Morgan fingerprint density at radius 1 is 1.18 bits per heavy atom. The standard InChI is InChI=1S/C20H16N2O6/c1-12(20(24)21-13-6-7-16-17(10-13)26-11-25-16)27-19(23)9-8-18-22-14-4-2-3-5-15(14)28-18/h2-10,12H,11H2,1H3,(H,21,24)/b9-8+/t12-/m1/s1. The van der Waals surface area contributed by atoms with Crippen molar-refractivity contribution in [3.63, 3.8) is 0 Å². The number of carbonyl (C=O) groups is 2. The van der Waals surface area contributed by atoms with Crippen molar-refractivity contribution in [2.45, 2.75) is 13.0 Å². The summed E-state index contributed by atoms with van der Waals surface area (Å²) in [7, 11) is 0. The molecule has 0 aliphatic carbocycles. The lowest BCUT2D eigenvalue weighted by Crippen LogP contribution is -2.29. The SMILES string of the molecule is C[C@@H](OC(=O)/C=C/c1nc2ccccc2o1)C(=O)Nc1ccc2c(c1)OCO2. The normalized spacial score (nSPS) is 13.6. The lowest BCUT2D eigenvalue weighted by Gasteiger charge is -2.12. The molecule has 1 aliphatic heterocycles. The third kappa shape index (κ3) is 3.80. The van der Waals surface area contributed by atoms with Crippen molar-refractivity contribution in [1.29, 1.82) is 0 Å². The summed E-state index contributed by atoms with van der Waals surface area (Å²) in [5.41, 5.74) is 1.82. The van der Waals surface area contributed by atoms with Gasteiger partial charge >= 0.3 is 5.97 Å². The molecule has 2 aromatic carbocycles. The molecule has 8 nitrogen and oxygen atoms in total. The lowest BCUT2D eigenvalue weighted by atomic mass is 10.2. The lowest BCUT2D eigenvalue weighted by molar-refractivity contribution is -0.148. The fraction of sp³-hybridized carbons (Fsp3) is 0.150. The molecule has 1 aliphatic rings. The maximum atomic E-state index is 12.2. The average Bonchev–Trinajstić information content (AvgIpc) is 3.32. The van der Waals surface area contributed by atoms with Gasteiger partial charge in [0.15, 0.2) is 23.2 Å². The molecule has 0 radical (unpaired) electrons. The van der Waals surface area contributed by atoms with E-state index in [1.54, 1.807) is 30.3 Å². The molecule has 3 aromatic rings. The molecule has 1 aromatic heterocycles. The Morgan fingerprint density at radius 2 is 2.00 bits per heavy atom. The van der Waals surface area contributed by atoms with Crippen molar-refractivity contribution in [3.8, 4) is 11.5 Å². The van der Waals surface area contributed by atoms with E-state index < -0.39 is 18.0 Å². The number of carbonyl (C=O) groups excluding carboxylic acids is 2. The number of esters is 1. The third-order valence-electron chi connectivity index (χ3n) is 3.97. The van der Waals surface area contributed by atoms with E-state index in [0.717, 1.165) is 6.08 Å². The van der Waals surface area contributed by atoms with E-state index in [4.69, 9.17) is 18.6 Å². The quantitative estimate of drug-likeness (QED) is 0.536. The summed E-state index contributed by atoms with van der Waals surface area (Å²) in [4.78, 5) is 28.4. The molecule has 1 amide bonds. The van der Waals surface area contributed by atoms with Crippen molar-refractivity contribution >= 4 is 34.7 Å². The summed E-state index contributed by atoms with van der Waals surface area (Å²) >= 11 is 0. The minimum atomic E-state index is -0.994. The van der Waals surface area contributed by atoms with E-state index in [-0.39, 0.29) is 12.7 Å². The number of hydrogen-bond donors (Lipinski definition) is 1. The number of anilines is 1. The molecular weight excluding hydrogens is 364 g/mol. The van der Waals surface area contributed by atoms with Gasteiger partial charge in [0.05, 0.1) is 0 Å². The van der Waals surface area contributed by atoms with Crippen LogP contribution in [0.2, 0.25) is 0 Å². The Kier molecular flexibility index (Phi) is 4.67. The van der Waals surface area contributed by atoms with E-state index in [9.17, 15) is 9.59 Å². The highest BCUT2D eigenvalue weighted by molar-refractivity contribution is 5.96. The second-order valence-electron chi connectivity index (χ2n) is 5.99. The number of para-hydroxylation sites is 2. The molecule has 4 rings (SSSR count). The summed E-state index contributed by atoms with van der Waals surface area (Å²) < 4.78 is 21.1. The first kappa shape index (κ1) is 17.6. The first-order valence-corrected chi connectivity index (χ1v) is 8.53. The summed E-state index contributed by atoms with van der Waals surface area (Å²) in [6.07, 6.45) is 1.56. The van der Waals surface area contributed by atoms with Crippen LogP contribution in [0, 0.1) is 0 Å². The first-order valence-electron chi connectivity index (χ1n) is 8.53. The van der Waals surface area contributed by atoms with E-state index in [1.807, 2.05) is 12.1 Å². The highest BCUT2D eigenvalue weighted by Crippen LogP contribution is 2.34. The number of oxazole rings is 1. The molecule has 0 saturated carbocycles. The number of aromatic nitrogens is 1. The van der Waals surface area contributed by atoms with Gasteiger partial charge in [0.2, 0.25) is 12.7 Å². The molecule has 0 unspecified atom stereocenters. The number of hydrogen-bond acceptors (Lipinski definition) is 7. The van der Waals surface area contributed by atoms with Crippen LogP contribution in [-0.2, 0) is 14.3 Å². The second-order valence-corrected chi connectivity index (χ2v) is 5.99. The van der Waals surface area contributed by atoms with Gasteiger partial charge in [-0.2, -0.15) is 0 Å². The highest BCUT2D eigenvalue weighted by atomic mass is 16.7. The van der Waals surface area contributed by atoms with E-state index in [1.165, 1.54) is 13.0 Å². The maximum absolute atomic E-state index is 12.2. The molecule has 1 atom stereocenters. The van der Waals surface area contributed by atoms with Gasteiger partial charge in [-0.1, -0.05) is 12.1 Å². The van der Waals surface area contributed by atoms with Crippen LogP contribution in [0.4, 0.5) is 5.69 Å². The summed E-state index contributed by atoms with van der Waals surface area (Å²) in [5, 5.41) is 2.66. The zero-order valence-electron chi connectivity index (χ0n) is 14.9. The molecule has 0 bridgehead atoms. The van der Waals surface area contributed by atoms with Gasteiger partial charge in [-0.3, -0.25) is 4.79 Å². The predicted octanol–water partition coefficient (Wildman–Crippen LogP) is 3.14. The maximum Gasteiger partial charge on any atom is 0.331 e. The van der Waals surface area contributed by atoms with E-state index in [0.29, 0.717) is 28.3 Å². The third-order valence-corrected chi connectivity index (χ3v) is 3.97. The molecular formula is C20H16N2O6. The van der Waals surface area contributed by atoms with Crippen molar-refractivity contribution in [3.05, 3.63) is 54.4 Å². The Labute approximate surface area is 159 Å². The van der Waals surface area contributed by atoms with Crippen LogP contribution in [-0.4, -0.2) is 29.8 Å². The van der Waals surface area contributed by atoms with Crippen molar-refractivity contribution in [2.24, 2.45) is 0 Å². The van der Waals surface area contributed by atoms with Crippen LogP contribution in [0.3, 0.4) is 0 Å². The highest BCUT2D eigenvalue weighted by Gasteiger charge is 2.19. The van der Waals surface area contributed by atoms with Crippen LogP contribution >= 0.6 is 0 Å². The molecule has 142 valence electrons. The zero-order chi connectivity index (χ0) is 19.5. The minimum Gasteiger partial charge on any atom is -0.454 e. The number of nitrogens with one attached hydrogen (secondary N) is 1. The molecule has 8 heteroatoms. The molecule has 0 fully saturated rings. The second kappa shape index (κ2) is 7.43. The monoisotopic (exact) mass is 380 g/mol. The number of nitrogens with zero attached hydrogens (tertiary/aromatic N) is 1. The van der Waals surface area contributed by atoms with E-state index in [2.05, 4.69) is 10.3 Å². The van der Waals surface area contributed by atoms with Crippen LogP contribution < -0.4 is 14.8 Å². The Balaban J connectivity index is 1.33. The van der Waals surface area contributed by atoms with Crippen LogP contribution in [0.25, 0.3) is 17.2 Å². The number of fused-ring (bicyclic) bond motifs is 2. The van der Waals surface area contributed by atoms with Gasteiger partial charge in [0.1, 0.15) is 5.52 Å². The fourth-order valence-electron chi connectivity index (χ4n) is 2.59. The molecule has 2 heterocycles. The summed E-state index contributed by atoms with van der Waals surface area (Å²) in [6, 6.07) is 12.3. The number of benzene rings is 2. The average molecular weight is 380 g/mol. The minimum absolute atomic E-state index is 0.146. The van der Waals surface area contributed by atoms with E-state index >= 15 is 0 Å². The van der Waals surface area contributed by atoms with Crippen LogP contribution in [0.1, 0.15) is 12.8 Å². The van der Waals surface area contributed by atoms with Crippen molar-refractivity contribution in [1.82, 2.24) is 4.98 Å². The molecule has 1 N–H and O–H groups in total. The van der Waals surface area contributed by atoms with Gasteiger partial charge < -0.3 is 23.9 Å². The Bertz CT molecular complexity index is 1040. The van der Waals surface area contributed by atoms with Crippen LogP contribution in [0.5, 0.6) is 11.5 Å². The van der Waals surface area contributed by atoms with Gasteiger partial charge in [0.25, 0.3) is 5.91 Å². The first-order chi connectivity index (χ1) is 13.6. The van der Waals surface area contributed by atoms with Gasteiger partial charge in [-0.05, 0) is 31.2 Å². The Morgan fingerprint density at radius 3 is 2.86 bits per heavy atom. The van der Waals surface area contributed by atoms with Crippen LogP contribution in [0.15, 0.2) is 53.0 Å². The van der Waals surface area contributed by atoms with Crippen molar-refractivity contribution < 1.29 is 28.2 Å². The predicted molar refractivity (Wildman–Crippen MR) is 99.8 cm³/mol. The molecule has 28 heavy (non-hydrogen) atoms. The molecule has 0 spiro atoms. The zero-order valence-corrected chi connectivity index (χ0v) is 14.9. The number of amides is 1. The topological polar surface area (TPSA) is 99.9 Å². The smallest absolute Gasteiger partial charge is 0.331 e. The number of rotatable bonds is 5. The van der Waals surface area contributed by atoms with Gasteiger partial charge in [0, 0.05) is 23.9 Å². The molecule has 0 saturated heterocycles. The number of ether oxygens (including phenoxy) is 3. The van der Waals surface area contributed by atoms with Crippen molar-refractivity contribution in [2.75, 3.05) is 12.1 Å².